The fraction of sp³-hybridized carbons (Fsp3) is 0.316. The highest BCUT2D eigenvalue weighted by molar-refractivity contribution is 5.94. The van der Waals surface area contributed by atoms with Crippen molar-refractivity contribution in [2.24, 2.45) is 0 Å². The molecule has 1 saturated carbocycles. The van der Waals surface area contributed by atoms with Crippen LogP contribution in [0, 0.1) is 12.7 Å². The first kappa shape index (κ1) is 16.5. The number of nitrogens with one attached hydrogen (secondary N) is 2. The van der Waals surface area contributed by atoms with Crippen molar-refractivity contribution in [3.63, 3.8) is 0 Å². The van der Waals surface area contributed by atoms with Crippen LogP contribution in [0.3, 0.4) is 0 Å². The third kappa shape index (κ3) is 3.37. The van der Waals surface area contributed by atoms with Crippen LogP contribution in [0.5, 0.6) is 0 Å². The average Bonchev–Trinajstić information content (AvgIpc) is 3.15. The molecule has 1 aliphatic rings. The lowest BCUT2D eigenvalue weighted by atomic mass is 10.0. The Bertz CT molecular complexity index is 936. The fourth-order valence-corrected chi connectivity index (χ4v) is 2.94. The van der Waals surface area contributed by atoms with Crippen LogP contribution in [-0.4, -0.2) is 25.9 Å². The molecule has 1 atom stereocenters. The molecule has 0 spiro atoms. The van der Waals surface area contributed by atoms with Gasteiger partial charge in [0.2, 0.25) is 5.91 Å². The molecule has 134 valence electrons. The van der Waals surface area contributed by atoms with Gasteiger partial charge in [-0.3, -0.25) is 9.89 Å². The monoisotopic (exact) mass is 353 g/mol. The van der Waals surface area contributed by atoms with E-state index in [1.807, 2.05) is 26.0 Å². The van der Waals surface area contributed by atoms with Crippen molar-refractivity contribution in [2.75, 3.05) is 5.32 Å². The lowest BCUT2D eigenvalue weighted by Crippen LogP contribution is -2.18. The first-order valence-electron chi connectivity index (χ1n) is 8.68. The Kier molecular flexibility index (Phi) is 4.06. The number of amides is 1. The van der Waals surface area contributed by atoms with Crippen LogP contribution in [0.1, 0.15) is 48.4 Å². The molecule has 1 fully saturated rings. The number of aryl methyl sites for hydroxylation is 1. The number of hydrogen-bond acceptors (Lipinski definition) is 3. The second-order valence-corrected chi connectivity index (χ2v) is 6.90. The topological polar surface area (TPSA) is 75.6 Å². The zero-order valence-corrected chi connectivity index (χ0v) is 14.7. The molecule has 0 aliphatic heterocycles. The number of carbonyl (C=O) groups is 1. The standard InChI is InChI=1S/C19H20FN5O/c1-11-5-15(20)7-16(6-11)25-10-14(9-21-25)12(2)19(26)22-18-8-17(23-24-18)13-3-4-13/h5-10,12-13H,3-4H2,1-2H3,(H2,22,23,24,26). The third-order valence-electron chi connectivity index (χ3n) is 4.65. The number of anilines is 1. The Morgan fingerprint density at radius 3 is 2.88 bits per heavy atom. The molecule has 2 N–H and O–H groups in total. The predicted molar refractivity (Wildman–Crippen MR) is 95.9 cm³/mol. The Morgan fingerprint density at radius 2 is 2.15 bits per heavy atom. The summed E-state index contributed by atoms with van der Waals surface area (Å²) in [6, 6.07) is 6.61. The molecule has 0 bridgehead atoms. The Morgan fingerprint density at radius 1 is 1.35 bits per heavy atom. The molecule has 0 radical (unpaired) electrons. The Labute approximate surface area is 150 Å². The molecule has 4 rings (SSSR count). The minimum atomic E-state index is -0.403. The van der Waals surface area contributed by atoms with Crippen molar-refractivity contribution in [3.8, 4) is 5.69 Å². The van der Waals surface area contributed by atoms with Gasteiger partial charge in [-0.05, 0) is 50.5 Å². The lowest BCUT2D eigenvalue weighted by Gasteiger charge is -2.08. The Hall–Kier alpha value is -2.96. The summed E-state index contributed by atoms with van der Waals surface area (Å²) in [5, 5.41) is 14.2. The summed E-state index contributed by atoms with van der Waals surface area (Å²) in [6.45, 7) is 3.63. The van der Waals surface area contributed by atoms with E-state index >= 15 is 0 Å². The number of nitrogens with zero attached hydrogens (tertiary/aromatic N) is 3. The van der Waals surface area contributed by atoms with Gasteiger partial charge in [-0.2, -0.15) is 10.2 Å². The van der Waals surface area contributed by atoms with Crippen molar-refractivity contribution in [2.45, 2.75) is 38.5 Å². The van der Waals surface area contributed by atoms with Crippen molar-refractivity contribution >= 4 is 11.7 Å². The highest BCUT2D eigenvalue weighted by atomic mass is 19.1. The number of carbonyl (C=O) groups excluding carboxylic acids is 1. The van der Waals surface area contributed by atoms with Crippen molar-refractivity contribution in [1.82, 2.24) is 20.0 Å². The molecule has 26 heavy (non-hydrogen) atoms. The van der Waals surface area contributed by atoms with Gasteiger partial charge in [0.05, 0.1) is 17.8 Å². The molecule has 1 unspecified atom stereocenters. The predicted octanol–water partition coefficient (Wildman–Crippen LogP) is 3.66. The minimum absolute atomic E-state index is 0.159. The first-order chi connectivity index (χ1) is 12.5. The minimum Gasteiger partial charge on any atom is -0.309 e. The second kappa shape index (κ2) is 6.40. The van der Waals surface area contributed by atoms with E-state index in [1.165, 1.54) is 25.0 Å². The average molecular weight is 353 g/mol. The molecule has 7 heteroatoms. The largest absolute Gasteiger partial charge is 0.309 e. The summed E-state index contributed by atoms with van der Waals surface area (Å²) in [7, 11) is 0. The van der Waals surface area contributed by atoms with Gasteiger partial charge in [-0.25, -0.2) is 9.07 Å². The molecule has 1 amide bonds. The maximum Gasteiger partial charge on any atom is 0.232 e. The van der Waals surface area contributed by atoms with Crippen LogP contribution < -0.4 is 5.32 Å². The highest BCUT2D eigenvalue weighted by Gasteiger charge is 2.26. The lowest BCUT2D eigenvalue weighted by molar-refractivity contribution is -0.117. The molecule has 6 nitrogen and oxygen atoms in total. The van der Waals surface area contributed by atoms with E-state index in [9.17, 15) is 9.18 Å². The smallest absolute Gasteiger partial charge is 0.232 e. The van der Waals surface area contributed by atoms with E-state index in [4.69, 9.17) is 0 Å². The highest BCUT2D eigenvalue weighted by Crippen LogP contribution is 2.39. The molecule has 2 heterocycles. The summed E-state index contributed by atoms with van der Waals surface area (Å²) in [6.07, 6.45) is 5.72. The zero-order valence-electron chi connectivity index (χ0n) is 14.7. The molecule has 1 aliphatic carbocycles. The quantitative estimate of drug-likeness (QED) is 0.735. The molecular formula is C19H20FN5O. The summed E-state index contributed by atoms with van der Waals surface area (Å²) in [5.74, 6) is 0.219. The summed E-state index contributed by atoms with van der Waals surface area (Å²) in [4.78, 5) is 12.5. The number of halogens is 1. The van der Waals surface area contributed by atoms with Gasteiger partial charge in [-0.15, -0.1) is 0 Å². The molecular weight excluding hydrogens is 333 g/mol. The Balaban J connectivity index is 1.47. The van der Waals surface area contributed by atoms with Crippen molar-refractivity contribution in [1.29, 1.82) is 0 Å². The number of aromatic amines is 1. The van der Waals surface area contributed by atoms with E-state index in [-0.39, 0.29) is 11.7 Å². The van der Waals surface area contributed by atoms with E-state index in [2.05, 4.69) is 20.6 Å². The van der Waals surface area contributed by atoms with Crippen LogP contribution in [0.15, 0.2) is 36.7 Å². The van der Waals surface area contributed by atoms with Crippen LogP contribution in [0.2, 0.25) is 0 Å². The van der Waals surface area contributed by atoms with E-state index in [0.717, 1.165) is 16.8 Å². The van der Waals surface area contributed by atoms with Crippen molar-refractivity contribution < 1.29 is 9.18 Å². The summed E-state index contributed by atoms with van der Waals surface area (Å²) >= 11 is 0. The third-order valence-corrected chi connectivity index (χ3v) is 4.65. The van der Waals surface area contributed by atoms with E-state index < -0.39 is 5.92 Å². The van der Waals surface area contributed by atoms with Crippen molar-refractivity contribution in [3.05, 3.63) is 59.3 Å². The second-order valence-electron chi connectivity index (χ2n) is 6.90. The van der Waals surface area contributed by atoms with Gasteiger partial charge in [0, 0.05) is 29.4 Å². The van der Waals surface area contributed by atoms with Crippen LogP contribution >= 0.6 is 0 Å². The number of benzene rings is 1. The summed E-state index contributed by atoms with van der Waals surface area (Å²) in [5.41, 5.74) is 3.26. The molecule has 1 aromatic carbocycles. The SMILES string of the molecule is Cc1cc(F)cc(-n2cc(C(C)C(=O)Nc3cc(C4CC4)[nH]n3)cn2)c1. The van der Waals surface area contributed by atoms with Gasteiger partial charge in [-0.1, -0.05) is 0 Å². The normalized spacial score (nSPS) is 15.0. The molecule has 2 aromatic heterocycles. The van der Waals surface area contributed by atoms with Crippen LogP contribution in [0.4, 0.5) is 10.2 Å². The van der Waals surface area contributed by atoms with Gasteiger partial charge in [0.1, 0.15) is 5.82 Å². The van der Waals surface area contributed by atoms with Crippen LogP contribution in [0.25, 0.3) is 5.69 Å². The number of aromatic nitrogens is 4. The maximum absolute atomic E-state index is 13.6. The maximum atomic E-state index is 13.6. The zero-order chi connectivity index (χ0) is 18.3. The van der Waals surface area contributed by atoms with E-state index in [1.54, 1.807) is 17.1 Å². The van der Waals surface area contributed by atoms with Gasteiger partial charge in [0.25, 0.3) is 0 Å². The number of H-pyrrole nitrogens is 1. The molecule has 3 aromatic rings. The first-order valence-corrected chi connectivity index (χ1v) is 8.68. The van der Waals surface area contributed by atoms with Gasteiger partial charge in [0.15, 0.2) is 5.82 Å². The number of hydrogen-bond donors (Lipinski definition) is 2. The van der Waals surface area contributed by atoms with Gasteiger partial charge < -0.3 is 5.32 Å². The van der Waals surface area contributed by atoms with E-state index in [0.29, 0.717) is 17.4 Å². The molecule has 0 saturated heterocycles. The van der Waals surface area contributed by atoms with Crippen LogP contribution in [-0.2, 0) is 4.79 Å². The van der Waals surface area contributed by atoms with Gasteiger partial charge >= 0.3 is 0 Å². The number of rotatable bonds is 5. The fourth-order valence-electron chi connectivity index (χ4n) is 2.94. The summed E-state index contributed by atoms with van der Waals surface area (Å²) < 4.78 is 15.2.